The number of amides is 3. The maximum Gasteiger partial charge on any atom is 0.319 e. The van der Waals surface area contributed by atoms with Crippen LogP contribution in [0.4, 0.5) is 10.5 Å². The number of nitrogens with two attached hydrogens (primary N) is 1. The molecule has 0 heterocycles. The van der Waals surface area contributed by atoms with E-state index < -0.39 is 5.91 Å². The molecule has 0 aliphatic heterocycles. The number of benzene rings is 2. The monoisotopic (exact) mass is 361 g/mol. The molecule has 3 amide bonds. The van der Waals surface area contributed by atoms with E-state index in [0.717, 1.165) is 11.1 Å². The Bertz CT molecular complexity index is 763. The zero-order chi connectivity index (χ0) is 18.4. The van der Waals surface area contributed by atoms with E-state index in [2.05, 4.69) is 10.6 Å². The second kappa shape index (κ2) is 8.50. The standard InChI is InChI=1S/C18H20ClN3O3/c1-11-9-13(17(20)23)5-8-15(11)22-18(24)21-10-16(25-2)12-3-6-14(19)7-4-12/h3-9,16H,10H2,1-2H3,(H2,20,23)(H2,21,22,24). The molecule has 0 radical (unpaired) electrons. The summed E-state index contributed by atoms with van der Waals surface area (Å²) in [5, 5.41) is 6.14. The van der Waals surface area contributed by atoms with Gasteiger partial charge in [0.2, 0.25) is 5.91 Å². The van der Waals surface area contributed by atoms with Crippen molar-refractivity contribution in [3.63, 3.8) is 0 Å². The SMILES string of the molecule is COC(CNC(=O)Nc1ccc(C(N)=O)cc1C)c1ccc(Cl)cc1. The Balaban J connectivity index is 1.95. The third kappa shape index (κ3) is 5.20. The van der Waals surface area contributed by atoms with E-state index in [1.165, 1.54) is 0 Å². The van der Waals surface area contributed by atoms with Gasteiger partial charge in [-0.05, 0) is 48.4 Å². The third-order valence-corrected chi connectivity index (χ3v) is 3.99. The van der Waals surface area contributed by atoms with Crippen molar-refractivity contribution in [1.29, 1.82) is 0 Å². The molecule has 2 rings (SSSR count). The number of hydrogen-bond acceptors (Lipinski definition) is 3. The van der Waals surface area contributed by atoms with Crippen molar-refractivity contribution in [2.75, 3.05) is 19.0 Å². The first-order chi connectivity index (χ1) is 11.9. The molecule has 1 atom stereocenters. The Morgan fingerprint density at radius 3 is 2.44 bits per heavy atom. The first-order valence-electron chi connectivity index (χ1n) is 7.64. The number of primary amides is 1. The van der Waals surface area contributed by atoms with E-state index in [4.69, 9.17) is 22.1 Å². The zero-order valence-electron chi connectivity index (χ0n) is 14.0. The number of carbonyl (C=O) groups excluding carboxylic acids is 2. The number of urea groups is 1. The van der Waals surface area contributed by atoms with Crippen LogP contribution in [0.25, 0.3) is 0 Å². The zero-order valence-corrected chi connectivity index (χ0v) is 14.8. The van der Waals surface area contributed by atoms with Crippen molar-refractivity contribution in [2.45, 2.75) is 13.0 Å². The van der Waals surface area contributed by atoms with Crippen molar-refractivity contribution in [3.05, 3.63) is 64.2 Å². The van der Waals surface area contributed by atoms with E-state index in [1.54, 1.807) is 44.4 Å². The van der Waals surface area contributed by atoms with Gasteiger partial charge in [0.05, 0.1) is 6.10 Å². The Morgan fingerprint density at radius 1 is 1.20 bits per heavy atom. The molecule has 7 heteroatoms. The third-order valence-electron chi connectivity index (χ3n) is 3.73. The molecule has 2 aromatic carbocycles. The molecular formula is C18H20ClN3O3. The topological polar surface area (TPSA) is 93.4 Å². The van der Waals surface area contributed by atoms with E-state index in [9.17, 15) is 9.59 Å². The number of rotatable bonds is 6. The summed E-state index contributed by atoms with van der Waals surface area (Å²) in [6.07, 6.45) is -0.290. The normalized spacial score (nSPS) is 11.6. The van der Waals surface area contributed by atoms with Gasteiger partial charge in [0.25, 0.3) is 0 Å². The summed E-state index contributed by atoms with van der Waals surface area (Å²) in [5.41, 5.74) is 7.88. The van der Waals surface area contributed by atoms with E-state index in [1.807, 2.05) is 12.1 Å². The van der Waals surface area contributed by atoms with Gasteiger partial charge >= 0.3 is 6.03 Å². The lowest BCUT2D eigenvalue weighted by molar-refractivity contribution is 0.1000. The van der Waals surface area contributed by atoms with Crippen LogP contribution in [-0.2, 0) is 4.74 Å². The molecule has 0 saturated carbocycles. The lowest BCUT2D eigenvalue weighted by Crippen LogP contribution is -2.33. The first kappa shape index (κ1) is 18.8. The number of ether oxygens (including phenoxy) is 1. The van der Waals surface area contributed by atoms with Crippen LogP contribution in [0.5, 0.6) is 0 Å². The summed E-state index contributed by atoms with van der Waals surface area (Å²) in [7, 11) is 1.57. The highest BCUT2D eigenvalue weighted by Gasteiger charge is 2.13. The van der Waals surface area contributed by atoms with Crippen molar-refractivity contribution < 1.29 is 14.3 Å². The van der Waals surface area contributed by atoms with Crippen LogP contribution in [0.3, 0.4) is 0 Å². The number of nitrogens with one attached hydrogen (secondary N) is 2. The van der Waals surface area contributed by atoms with Gasteiger partial charge in [-0.25, -0.2) is 4.79 Å². The van der Waals surface area contributed by atoms with Crippen LogP contribution < -0.4 is 16.4 Å². The fourth-order valence-electron chi connectivity index (χ4n) is 2.32. The smallest absolute Gasteiger partial charge is 0.319 e. The predicted octanol–water partition coefficient (Wildman–Crippen LogP) is 3.26. The summed E-state index contributed by atoms with van der Waals surface area (Å²) >= 11 is 5.87. The summed E-state index contributed by atoms with van der Waals surface area (Å²) in [6.45, 7) is 2.08. The van der Waals surface area contributed by atoms with Crippen LogP contribution in [0.15, 0.2) is 42.5 Å². The Kier molecular flexibility index (Phi) is 6.38. The maximum absolute atomic E-state index is 12.1. The fourth-order valence-corrected chi connectivity index (χ4v) is 2.45. The minimum Gasteiger partial charge on any atom is -0.375 e. The molecule has 0 aliphatic rings. The molecule has 1 unspecified atom stereocenters. The minimum atomic E-state index is -0.509. The van der Waals surface area contributed by atoms with Crippen LogP contribution in [0.1, 0.15) is 27.6 Å². The second-order valence-corrected chi connectivity index (χ2v) is 5.94. The Labute approximate surface area is 151 Å². The average molecular weight is 362 g/mol. The molecule has 132 valence electrons. The molecule has 0 fully saturated rings. The van der Waals surface area contributed by atoms with Gasteiger partial charge in [0, 0.05) is 29.9 Å². The second-order valence-electron chi connectivity index (χ2n) is 5.50. The Hall–Kier alpha value is -2.57. The van der Waals surface area contributed by atoms with Gasteiger partial charge in [0.15, 0.2) is 0 Å². The number of methoxy groups -OCH3 is 1. The largest absolute Gasteiger partial charge is 0.375 e. The van der Waals surface area contributed by atoms with Gasteiger partial charge in [-0.3, -0.25) is 4.79 Å². The highest BCUT2D eigenvalue weighted by Crippen LogP contribution is 2.19. The maximum atomic E-state index is 12.1. The molecule has 0 bridgehead atoms. The average Bonchev–Trinajstić information content (AvgIpc) is 2.58. The molecule has 6 nitrogen and oxygen atoms in total. The molecule has 0 aromatic heterocycles. The number of hydrogen-bond donors (Lipinski definition) is 3. The van der Waals surface area contributed by atoms with Crippen molar-refractivity contribution in [2.24, 2.45) is 5.73 Å². The van der Waals surface area contributed by atoms with Crippen molar-refractivity contribution in [3.8, 4) is 0 Å². The van der Waals surface area contributed by atoms with E-state index >= 15 is 0 Å². The minimum absolute atomic E-state index is 0.290. The van der Waals surface area contributed by atoms with E-state index in [0.29, 0.717) is 22.8 Å². The number of halogens is 1. The number of carbonyl (C=O) groups is 2. The molecule has 4 N–H and O–H groups in total. The fraction of sp³-hybridized carbons (Fsp3) is 0.222. The molecule has 0 saturated heterocycles. The lowest BCUT2D eigenvalue weighted by Gasteiger charge is -2.17. The van der Waals surface area contributed by atoms with Gasteiger partial charge in [-0.2, -0.15) is 0 Å². The van der Waals surface area contributed by atoms with Crippen LogP contribution in [-0.4, -0.2) is 25.6 Å². The van der Waals surface area contributed by atoms with Gasteiger partial charge in [0.1, 0.15) is 0 Å². The van der Waals surface area contributed by atoms with Crippen molar-refractivity contribution >= 4 is 29.2 Å². The molecule has 0 aliphatic carbocycles. The summed E-state index contributed by atoms with van der Waals surface area (Å²) in [5.74, 6) is -0.509. The highest BCUT2D eigenvalue weighted by atomic mass is 35.5. The van der Waals surface area contributed by atoms with Gasteiger partial charge < -0.3 is 21.1 Å². The quantitative estimate of drug-likeness (QED) is 0.737. The number of aryl methyl sites for hydroxylation is 1. The first-order valence-corrected chi connectivity index (χ1v) is 8.02. The molecule has 2 aromatic rings. The van der Waals surface area contributed by atoms with Crippen LogP contribution >= 0.6 is 11.6 Å². The molecular weight excluding hydrogens is 342 g/mol. The molecule has 0 spiro atoms. The van der Waals surface area contributed by atoms with Crippen molar-refractivity contribution in [1.82, 2.24) is 5.32 Å². The number of anilines is 1. The summed E-state index contributed by atoms with van der Waals surface area (Å²) in [4.78, 5) is 23.3. The summed E-state index contributed by atoms with van der Waals surface area (Å²) < 4.78 is 5.41. The Morgan fingerprint density at radius 2 is 1.88 bits per heavy atom. The summed E-state index contributed by atoms with van der Waals surface area (Å²) in [6, 6.07) is 11.7. The van der Waals surface area contributed by atoms with Gasteiger partial charge in [-0.1, -0.05) is 23.7 Å². The van der Waals surface area contributed by atoms with E-state index in [-0.39, 0.29) is 12.1 Å². The predicted molar refractivity (Wildman–Crippen MR) is 97.9 cm³/mol. The molecule has 25 heavy (non-hydrogen) atoms. The highest BCUT2D eigenvalue weighted by molar-refractivity contribution is 6.30. The van der Waals surface area contributed by atoms with Crippen LogP contribution in [0, 0.1) is 6.92 Å². The lowest BCUT2D eigenvalue weighted by atomic mass is 10.1. The van der Waals surface area contributed by atoms with Crippen LogP contribution in [0.2, 0.25) is 5.02 Å². The van der Waals surface area contributed by atoms with Gasteiger partial charge in [-0.15, -0.1) is 0 Å².